The van der Waals surface area contributed by atoms with E-state index in [1.54, 1.807) is 7.11 Å². The van der Waals surface area contributed by atoms with Gasteiger partial charge in [-0.3, -0.25) is 4.79 Å². The van der Waals surface area contributed by atoms with Gasteiger partial charge < -0.3 is 4.74 Å². The van der Waals surface area contributed by atoms with E-state index in [1.807, 2.05) is 19.1 Å². The Morgan fingerprint density at radius 2 is 2.06 bits per heavy atom. The molecule has 0 aliphatic carbocycles. The monoisotopic (exact) mass is 254 g/mol. The highest BCUT2D eigenvalue weighted by Gasteiger charge is 2.15. The van der Waals surface area contributed by atoms with E-state index in [0.29, 0.717) is 18.2 Å². The van der Waals surface area contributed by atoms with Gasteiger partial charge in [-0.1, -0.05) is 13.8 Å². The molecule has 0 bridgehead atoms. The number of hydrogen-bond donors (Lipinski definition) is 0. The molecule has 1 rings (SSSR count). The van der Waals surface area contributed by atoms with Crippen LogP contribution in [0.1, 0.15) is 47.7 Å². The first kappa shape index (κ1) is 14.0. The molecule has 94 valence electrons. The highest BCUT2D eigenvalue weighted by Crippen LogP contribution is 2.30. The fraction of sp³-hybridized carbons (Fsp3) is 0.500. The van der Waals surface area contributed by atoms with E-state index in [2.05, 4.69) is 13.8 Å². The van der Waals surface area contributed by atoms with Crippen molar-refractivity contribution in [1.29, 1.82) is 0 Å². The summed E-state index contributed by atoms with van der Waals surface area (Å²) >= 11 is 5.61. The first-order chi connectivity index (χ1) is 8.01. The number of ether oxygens (including phenoxy) is 1. The van der Waals surface area contributed by atoms with E-state index in [9.17, 15) is 4.79 Å². The maximum absolute atomic E-state index is 11.9. The van der Waals surface area contributed by atoms with Crippen LogP contribution in [0.25, 0.3) is 0 Å². The topological polar surface area (TPSA) is 26.3 Å². The van der Waals surface area contributed by atoms with E-state index in [4.69, 9.17) is 16.3 Å². The first-order valence-corrected chi connectivity index (χ1v) is 6.32. The van der Waals surface area contributed by atoms with Crippen LogP contribution in [0.15, 0.2) is 12.1 Å². The Morgan fingerprint density at radius 3 is 2.53 bits per heavy atom. The Balaban J connectivity index is 3.24. The van der Waals surface area contributed by atoms with Gasteiger partial charge in [-0.25, -0.2) is 0 Å². The van der Waals surface area contributed by atoms with Crippen molar-refractivity contribution in [1.82, 2.24) is 0 Å². The largest absolute Gasteiger partial charge is 0.496 e. The Morgan fingerprint density at radius 1 is 1.41 bits per heavy atom. The zero-order valence-corrected chi connectivity index (χ0v) is 11.6. The fourth-order valence-electron chi connectivity index (χ4n) is 1.85. The van der Waals surface area contributed by atoms with Crippen molar-refractivity contribution in [3.8, 4) is 5.75 Å². The second kappa shape index (κ2) is 6.06. The predicted octanol–water partition coefficient (Wildman–Crippen LogP) is 3.94. The summed E-state index contributed by atoms with van der Waals surface area (Å²) in [5, 5.41) is 0. The van der Waals surface area contributed by atoms with Crippen LogP contribution in [0.5, 0.6) is 5.75 Å². The van der Waals surface area contributed by atoms with Gasteiger partial charge in [-0.2, -0.15) is 0 Å². The van der Waals surface area contributed by atoms with Crippen molar-refractivity contribution < 1.29 is 9.53 Å². The van der Waals surface area contributed by atoms with Gasteiger partial charge in [-0.05, 0) is 36.1 Å². The molecule has 0 saturated heterocycles. The summed E-state index contributed by atoms with van der Waals surface area (Å²) < 4.78 is 5.34. The molecule has 0 heterocycles. The quantitative estimate of drug-likeness (QED) is 0.588. The van der Waals surface area contributed by atoms with Crippen LogP contribution < -0.4 is 4.74 Å². The Kier molecular flexibility index (Phi) is 5.01. The fourth-order valence-corrected chi connectivity index (χ4v) is 2.02. The van der Waals surface area contributed by atoms with Crippen LogP contribution >= 0.6 is 11.6 Å². The highest BCUT2D eigenvalue weighted by molar-refractivity contribution is 6.19. The number of carbonyl (C=O) groups excluding carboxylic acids is 1. The minimum absolute atomic E-state index is 0.0991. The molecule has 0 N–H and O–H groups in total. The molecule has 2 nitrogen and oxygen atoms in total. The van der Waals surface area contributed by atoms with Crippen molar-refractivity contribution in [2.75, 3.05) is 13.0 Å². The van der Waals surface area contributed by atoms with Gasteiger partial charge in [-0.15, -0.1) is 11.6 Å². The molecule has 3 heteroatoms. The standard InChI is InChI=1S/C14H19ClO2/c1-9(2)11-8-12(13(16)5-6-15)10(3)7-14(11)17-4/h7-9H,5-6H2,1-4H3. The summed E-state index contributed by atoms with van der Waals surface area (Å²) in [6.45, 7) is 6.10. The molecule has 1 aromatic rings. The summed E-state index contributed by atoms with van der Waals surface area (Å²) in [6.07, 6.45) is 0.381. The average Bonchev–Trinajstić information content (AvgIpc) is 2.28. The third-order valence-corrected chi connectivity index (χ3v) is 3.01. The molecule has 0 atom stereocenters. The van der Waals surface area contributed by atoms with Gasteiger partial charge in [0.25, 0.3) is 0 Å². The minimum atomic E-state index is 0.0991. The minimum Gasteiger partial charge on any atom is -0.496 e. The van der Waals surface area contributed by atoms with Crippen molar-refractivity contribution in [3.05, 3.63) is 28.8 Å². The number of methoxy groups -OCH3 is 1. The van der Waals surface area contributed by atoms with Gasteiger partial charge >= 0.3 is 0 Å². The molecule has 0 unspecified atom stereocenters. The maximum atomic E-state index is 11.9. The van der Waals surface area contributed by atoms with Crippen molar-refractivity contribution in [2.45, 2.75) is 33.1 Å². The molecule has 0 spiro atoms. The highest BCUT2D eigenvalue weighted by atomic mass is 35.5. The SMILES string of the molecule is COc1cc(C)c(C(=O)CCCl)cc1C(C)C. The molecule has 17 heavy (non-hydrogen) atoms. The molecule has 0 fully saturated rings. The number of benzene rings is 1. The molecule has 0 aliphatic rings. The van der Waals surface area contributed by atoms with Gasteiger partial charge in [0, 0.05) is 17.9 Å². The molecule has 0 amide bonds. The van der Waals surface area contributed by atoms with Crippen LogP contribution in [0.4, 0.5) is 0 Å². The van der Waals surface area contributed by atoms with Gasteiger partial charge in [0.05, 0.1) is 7.11 Å². The number of Topliss-reactive ketones (excluding diaryl/α,β-unsaturated/α-hetero) is 1. The van der Waals surface area contributed by atoms with Crippen molar-refractivity contribution in [3.63, 3.8) is 0 Å². The van der Waals surface area contributed by atoms with Crippen LogP contribution in [-0.2, 0) is 0 Å². The van der Waals surface area contributed by atoms with Crippen molar-refractivity contribution >= 4 is 17.4 Å². The Bertz CT molecular complexity index is 411. The lowest BCUT2D eigenvalue weighted by molar-refractivity contribution is 0.0988. The third kappa shape index (κ3) is 3.22. The van der Waals surface area contributed by atoms with E-state index in [-0.39, 0.29) is 5.78 Å². The number of carbonyl (C=O) groups is 1. The summed E-state index contributed by atoms with van der Waals surface area (Å²) in [6, 6.07) is 3.87. The zero-order chi connectivity index (χ0) is 13.0. The van der Waals surface area contributed by atoms with E-state index >= 15 is 0 Å². The number of halogens is 1. The van der Waals surface area contributed by atoms with E-state index < -0.39 is 0 Å². The summed E-state index contributed by atoms with van der Waals surface area (Å²) in [5.41, 5.74) is 2.77. The lowest BCUT2D eigenvalue weighted by atomic mass is 9.94. The lowest BCUT2D eigenvalue weighted by Crippen LogP contribution is -2.05. The average molecular weight is 255 g/mol. The Hall–Kier alpha value is -1.02. The van der Waals surface area contributed by atoms with Crippen LogP contribution in [-0.4, -0.2) is 18.8 Å². The van der Waals surface area contributed by atoms with Gasteiger partial charge in [0.15, 0.2) is 5.78 Å². The lowest BCUT2D eigenvalue weighted by Gasteiger charge is -2.15. The summed E-state index contributed by atoms with van der Waals surface area (Å²) in [7, 11) is 1.65. The van der Waals surface area contributed by atoms with Crippen LogP contribution in [0, 0.1) is 6.92 Å². The van der Waals surface area contributed by atoms with Crippen molar-refractivity contribution in [2.24, 2.45) is 0 Å². The van der Waals surface area contributed by atoms with E-state index in [1.165, 1.54) is 0 Å². The van der Waals surface area contributed by atoms with Crippen LogP contribution in [0.2, 0.25) is 0 Å². The normalized spacial score (nSPS) is 10.7. The molecule has 0 saturated carbocycles. The second-order valence-corrected chi connectivity index (χ2v) is 4.80. The third-order valence-electron chi connectivity index (χ3n) is 2.82. The smallest absolute Gasteiger partial charge is 0.164 e. The van der Waals surface area contributed by atoms with Crippen LogP contribution in [0.3, 0.4) is 0 Å². The molecule has 1 aromatic carbocycles. The second-order valence-electron chi connectivity index (χ2n) is 4.43. The molecular weight excluding hydrogens is 236 g/mol. The predicted molar refractivity (Wildman–Crippen MR) is 71.5 cm³/mol. The number of ketones is 1. The number of alkyl halides is 1. The molecule has 0 radical (unpaired) electrons. The van der Waals surface area contributed by atoms with E-state index in [0.717, 1.165) is 22.4 Å². The number of rotatable bonds is 5. The molecule has 0 aromatic heterocycles. The summed E-state index contributed by atoms with van der Waals surface area (Å²) in [4.78, 5) is 11.9. The van der Waals surface area contributed by atoms with Gasteiger partial charge in [0.2, 0.25) is 0 Å². The molecule has 0 aliphatic heterocycles. The summed E-state index contributed by atoms with van der Waals surface area (Å²) in [5.74, 6) is 1.64. The first-order valence-electron chi connectivity index (χ1n) is 5.79. The molecular formula is C14H19ClO2. The maximum Gasteiger partial charge on any atom is 0.164 e. The number of hydrogen-bond acceptors (Lipinski definition) is 2. The van der Waals surface area contributed by atoms with Gasteiger partial charge in [0.1, 0.15) is 5.75 Å². The number of aryl methyl sites for hydroxylation is 1. The Labute approximate surface area is 108 Å². The zero-order valence-electron chi connectivity index (χ0n) is 10.8.